The van der Waals surface area contributed by atoms with Crippen molar-refractivity contribution in [3.8, 4) is 0 Å². The van der Waals surface area contributed by atoms with Crippen molar-refractivity contribution in [3.05, 3.63) is 23.8 Å². The molecule has 3 nitrogen and oxygen atoms in total. The molecule has 0 unspecified atom stereocenters. The van der Waals surface area contributed by atoms with Crippen LogP contribution < -0.4 is 5.73 Å². The van der Waals surface area contributed by atoms with E-state index in [1.54, 1.807) is 36.8 Å². The fraction of sp³-hybridized carbons (Fsp3) is 0.500. The van der Waals surface area contributed by atoms with E-state index in [2.05, 4.69) is 6.92 Å². The van der Waals surface area contributed by atoms with Gasteiger partial charge in [-0.2, -0.15) is 0 Å². The zero-order chi connectivity index (χ0) is 13.5. The Morgan fingerprint density at radius 3 is 2.67 bits per heavy atom. The SMILES string of the molecule is CCCCCSc1cc(N)ccc1C(=O)N(C)C. The lowest BCUT2D eigenvalue weighted by molar-refractivity contribution is 0.0824. The number of anilines is 1. The molecule has 0 spiro atoms. The zero-order valence-electron chi connectivity index (χ0n) is 11.4. The molecule has 0 saturated heterocycles. The maximum Gasteiger partial charge on any atom is 0.254 e. The van der Waals surface area contributed by atoms with Gasteiger partial charge in [0.2, 0.25) is 0 Å². The number of hydrogen-bond donors (Lipinski definition) is 1. The summed E-state index contributed by atoms with van der Waals surface area (Å²) in [6.45, 7) is 2.19. The van der Waals surface area contributed by atoms with Crippen molar-refractivity contribution in [3.63, 3.8) is 0 Å². The Hall–Kier alpha value is -1.16. The molecule has 2 N–H and O–H groups in total. The van der Waals surface area contributed by atoms with Crippen LogP contribution >= 0.6 is 11.8 Å². The number of carbonyl (C=O) groups is 1. The van der Waals surface area contributed by atoms with Crippen molar-refractivity contribution in [1.29, 1.82) is 0 Å². The molecule has 0 aliphatic carbocycles. The number of thioether (sulfide) groups is 1. The molecular weight excluding hydrogens is 244 g/mol. The van der Waals surface area contributed by atoms with Gasteiger partial charge in [-0.3, -0.25) is 4.79 Å². The van der Waals surface area contributed by atoms with Gasteiger partial charge in [0.1, 0.15) is 0 Å². The third-order valence-electron chi connectivity index (χ3n) is 2.65. The Balaban J connectivity index is 2.80. The summed E-state index contributed by atoms with van der Waals surface area (Å²) in [5.74, 6) is 1.07. The molecule has 1 aromatic rings. The Morgan fingerprint density at radius 1 is 1.33 bits per heavy atom. The Labute approximate surface area is 114 Å². The second-order valence-corrected chi connectivity index (χ2v) is 5.65. The van der Waals surface area contributed by atoms with E-state index in [0.717, 1.165) is 16.2 Å². The molecule has 0 aliphatic heterocycles. The average Bonchev–Trinajstić information content (AvgIpc) is 2.34. The highest BCUT2D eigenvalue weighted by Gasteiger charge is 2.13. The molecule has 0 bridgehead atoms. The van der Waals surface area contributed by atoms with Gasteiger partial charge in [0.05, 0.1) is 5.56 Å². The first-order valence-corrected chi connectivity index (χ1v) is 7.28. The van der Waals surface area contributed by atoms with Crippen LogP contribution in [0.15, 0.2) is 23.1 Å². The highest BCUT2D eigenvalue weighted by molar-refractivity contribution is 7.99. The van der Waals surface area contributed by atoms with E-state index >= 15 is 0 Å². The summed E-state index contributed by atoms with van der Waals surface area (Å²) in [4.78, 5) is 14.6. The smallest absolute Gasteiger partial charge is 0.254 e. The molecule has 0 heterocycles. The normalized spacial score (nSPS) is 10.4. The Bertz CT molecular complexity index is 405. The van der Waals surface area contributed by atoms with E-state index < -0.39 is 0 Å². The van der Waals surface area contributed by atoms with Crippen molar-refractivity contribution >= 4 is 23.4 Å². The summed E-state index contributed by atoms with van der Waals surface area (Å²) < 4.78 is 0. The van der Waals surface area contributed by atoms with Crippen molar-refractivity contribution in [1.82, 2.24) is 4.90 Å². The number of carbonyl (C=O) groups excluding carboxylic acids is 1. The molecule has 0 saturated carbocycles. The van der Waals surface area contributed by atoms with Crippen LogP contribution in [0.1, 0.15) is 36.5 Å². The number of nitrogens with zero attached hydrogens (tertiary/aromatic N) is 1. The number of nitrogens with two attached hydrogens (primary N) is 1. The van der Waals surface area contributed by atoms with Gasteiger partial charge in [0, 0.05) is 24.7 Å². The van der Waals surface area contributed by atoms with Gasteiger partial charge < -0.3 is 10.6 Å². The van der Waals surface area contributed by atoms with Gasteiger partial charge >= 0.3 is 0 Å². The number of rotatable bonds is 6. The van der Waals surface area contributed by atoms with Gasteiger partial charge in [0.15, 0.2) is 0 Å². The van der Waals surface area contributed by atoms with Crippen molar-refractivity contribution in [2.75, 3.05) is 25.6 Å². The van der Waals surface area contributed by atoms with Gasteiger partial charge in [-0.25, -0.2) is 0 Å². The third-order valence-corrected chi connectivity index (χ3v) is 3.79. The van der Waals surface area contributed by atoms with Gasteiger partial charge in [-0.15, -0.1) is 11.8 Å². The topological polar surface area (TPSA) is 46.3 Å². The van der Waals surface area contributed by atoms with Gasteiger partial charge in [0.25, 0.3) is 5.91 Å². The molecule has 0 radical (unpaired) electrons. The highest BCUT2D eigenvalue weighted by Crippen LogP contribution is 2.27. The van der Waals surface area contributed by atoms with E-state index in [-0.39, 0.29) is 5.91 Å². The highest BCUT2D eigenvalue weighted by atomic mass is 32.2. The third kappa shape index (κ3) is 4.26. The minimum absolute atomic E-state index is 0.0352. The van der Waals surface area contributed by atoms with Crippen molar-refractivity contribution in [2.45, 2.75) is 31.1 Å². The molecule has 4 heteroatoms. The number of nitrogen functional groups attached to an aromatic ring is 1. The summed E-state index contributed by atoms with van der Waals surface area (Å²) >= 11 is 1.72. The summed E-state index contributed by atoms with van der Waals surface area (Å²) in [6, 6.07) is 5.50. The minimum Gasteiger partial charge on any atom is -0.399 e. The Morgan fingerprint density at radius 2 is 2.06 bits per heavy atom. The molecule has 1 rings (SSSR count). The number of amides is 1. The number of benzene rings is 1. The van der Waals surface area contributed by atoms with E-state index in [9.17, 15) is 4.79 Å². The second-order valence-electron chi connectivity index (χ2n) is 4.51. The summed E-state index contributed by atoms with van der Waals surface area (Å²) in [5, 5.41) is 0. The minimum atomic E-state index is 0.0352. The number of unbranched alkanes of at least 4 members (excludes halogenated alkanes) is 2. The monoisotopic (exact) mass is 266 g/mol. The van der Waals surface area contributed by atoms with Crippen LogP contribution in [0.4, 0.5) is 5.69 Å². The lowest BCUT2D eigenvalue weighted by Crippen LogP contribution is -2.22. The van der Waals surface area contributed by atoms with Crippen LogP contribution in [0.25, 0.3) is 0 Å². The lowest BCUT2D eigenvalue weighted by atomic mass is 10.2. The molecule has 0 aliphatic rings. The maximum absolute atomic E-state index is 12.0. The quantitative estimate of drug-likeness (QED) is 0.488. The van der Waals surface area contributed by atoms with Crippen molar-refractivity contribution < 1.29 is 4.79 Å². The first-order valence-electron chi connectivity index (χ1n) is 6.30. The lowest BCUT2D eigenvalue weighted by Gasteiger charge is -2.14. The number of hydrogen-bond acceptors (Lipinski definition) is 3. The summed E-state index contributed by atoms with van der Waals surface area (Å²) in [6.07, 6.45) is 3.61. The maximum atomic E-state index is 12.0. The van der Waals surface area contributed by atoms with E-state index in [1.165, 1.54) is 19.3 Å². The summed E-state index contributed by atoms with van der Waals surface area (Å²) in [7, 11) is 3.54. The van der Waals surface area contributed by atoms with Crippen LogP contribution in [-0.2, 0) is 0 Å². The van der Waals surface area contributed by atoms with Crippen molar-refractivity contribution in [2.24, 2.45) is 0 Å². The first-order chi connectivity index (χ1) is 8.56. The fourth-order valence-electron chi connectivity index (χ4n) is 1.61. The molecule has 0 atom stereocenters. The largest absolute Gasteiger partial charge is 0.399 e. The fourth-order valence-corrected chi connectivity index (χ4v) is 2.71. The molecule has 0 fully saturated rings. The Kier molecular flexibility index (Phi) is 6.05. The molecule has 0 aromatic heterocycles. The van der Waals surface area contributed by atoms with Gasteiger partial charge in [-0.1, -0.05) is 19.8 Å². The predicted molar refractivity (Wildman–Crippen MR) is 79.1 cm³/mol. The van der Waals surface area contributed by atoms with Gasteiger partial charge in [-0.05, 0) is 30.4 Å². The van der Waals surface area contributed by atoms with Crippen LogP contribution in [0, 0.1) is 0 Å². The predicted octanol–water partition coefficient (Wildman–Crippen LogP) is 3.25. The average molecular weight is 266 g/mol. The standard InChI is InChI=1S/C14H22N2OS/c1-4-5-6-9-18-13-10-11(15)7-8-12(13)14(17)16(2)3/h7-8,10H,4-6,9,15H2,1-3H3. The van der Waals surface area contributed by atoms with E-state index in [1.807, 2.05) is 12.1 Å². The molecule has 18 heavy (non-hydrogen) atoms. The van der Waals surface area contributed by atoms with Crippen LogP contribution in [-0.4, -0.2) is 30.7 Å². The molecule has 100 valence electrons. The molecule has 1 amide bonds. The zero-order valence-corrected chi connectivity index (χ0v) is 12.2. The molecule has 1 aromatic carbocycles. The summed E-state index contributed by atoms with van der Waals surface area (Å²) in [5.41, 5.74) is 7.25. The van der Waals surface area contributed by atoms with Crippen LogP contribution in [0.5, 0.6) is 0 Å². The second kappa shape index (κ2) is 7.31. The first kappa shape index (κ1) is 14.9. The van der Waals surface area contributed by atoms with E-state index in [4.69, 9.17) is 5.73 Å². The van der Waals surface area contributed by atoms with Crippen LogP contribution in [0.2, 0.25) is 0 Å². The molecular formula is C14H22N2OS. The van der Waals surface area contributed by atoms with E-state index in [0.29, 0.717) is 5.69 Å². The van der Waals surface area contributed by atoms with Crippen LogP contribution in [0.3, 0.4) is 0 Å².